The van der Waals surface area contributed by atoms with Crippen LogP contribution in [0.4, 0.5) is 0 Å². The van der Waals surface area contributed by atoms with Crippen molar-refractivity contribution in [2.45, 2.75) is 37.8 Å². The zero-order valence-electron chi connectivity index (χ0n) is 10.0. The second-order valence-electron chi connectivity index (χ2n) is 4.32. The van der Waals surface area contributed by atoms with Crippen LogP contribution in [0.25, 0.3) is 0 Å². The molecule has 0 spiro atoms. The Bertz CT molecular complexity index is 283. The molecule has 0 bridgehead atoms. The Morgan fingerprint density at radius 2 is 2.07 bits per heavy atom. The number of thioether (sulfide) groups is 1. The molecule has 1 aromatic heterocycles. The van der Waals surface area contributed by atoms with Crippen molar-refractivity contribution < 1.29 is 4.42 Å². The first-order valence-corrected chi connectivity index (χ1v) is 6.39. The molecule has 0 fully saturated rings. The number of rotatable bonds is 6. The van der Waals surface area contributed by atoms with Gasteiger partial charge in [-0.25, -0.2) is 0 Å². The maximum atomic E-state index is 5.27. The molecule has 15 heavy (non-hydrogen) atoms. The molecule has 1 unspecified atom stereocenters. The molecule has 0 amide bonds. The van der Waals surface area contributed by atoms with E-state index in [0.717, 1.165) is 24.8 Å². The molecular weight excluding hydrogens is 206 g/mol. The van der Waals surface area contributed by atoms with Crippen molar-refractivity contribution in [2.75, 3.05) is 13.1 Å². The van der Waals surface area contributed by atoms with Gasteiger partial charge < -0.3 is 9.73 Å². The van der Waals surface area contributed by atoms with E-state index in [4.69, 9.17) is 4.42 Å². The van der Waals surface area contributed by atoms with Crippen LogP contribution in [0, 0.1) is 12.8 Å². The molecule has 0 saturated carbocycles. The Morgan fingerprint density at radius 1 is 1.33 bits per heavy atom. The first-order chi connectivity index (χ1) is 7.09. The third kappa shape index (κ3) is 4.76. The summed E-state index contributed by atoms with van der Waals surface area (Å²) in [4.78, 5) is 1.26. The lowest BCUT2D eigenvalue weighted by atomic mass is 10.2. The molecular formula is C12H21NOS. The van der Waals surface area contributed by atoms with E-state index >= 15 is 0 Å². The Balaban J connectivity index is 2.24. The van der Waals surface area contributed by atoms with E-state index in [1.807, 2.05) is 24.8 Å². The van der Waals surface area contributed by atoms with Crippen molar-refractivity contribution in [3.63, 3.8) is 0 Å². The van der Waals surface area contributed by atoms with Crippen LogP contribution in [0.15, 0.2) is 21.6 Å². The van der Waals surface area contributed by atoms with Gasteiger partial charge in [-0.05, 0) is 25.5 Å². The highest BCUT2D eigenvalue weighted by Crippen LogP contribution is 2.26. The molecule has 0 radical (unpaired) electrons. The zero-order chi connectivity index (χ0) is 11.3. The van der Waals surface area contributed by atoms with Crippen molar-refractivity contribution in [3.8, 4) is 0 Å². The Kier molecular flexibility index (Phi) is 5.26. The van der Waals surface area contributed by atoms with Crippen LogP contribution >= 0.6 is 11.8 Å². The van der Waals surface area contributed by atoms with Gasteiger partial charge in [0, 0.05) is 16.7 Å². The van der Waals surface area contributed by atoms with Crippen LogP contribution in [0.5, 0.6) is 0 Å². The van der Waals surface area contributed by atoms with Gasteiger partial charge in [-0.3, -0.25) is 0 Å². The van der Waals surface area contributed by atoms with E-state index in [1.165, 1.54) is 4.90 Å². The number of nitrogens with one attached hydrogen (secondary N) is 1. The molecule has 2 nitrogen and oxygen atoms in total. The number of furan rings is 1. The summed E-state index contributed by atoms with van der Waals surface area (Å²) in [6.45, 7) is 10.8. The first-order valence-electron chi connectivity index (χ1n) is 5.51. The normalized spacial score (nSPS) is 13.4. The van der Waals surface area contributed by atoms with Gasteiger partial charge in [0.05, 0.1) is 6.26 Å². The fourth-order valence-electron chi connectivity index (χ4n) is 1.33. The van der Waals surface area contributed by atoms with Gasteiger partial charge in [0.25, 0.3) is 0 Å². The van der Waals surface area contributed by atoms with Crippen LogP contribution < -0.4 is 5.32 Å². The smallest absolute Gasteiger partial charge is 0.114 e. The second kappa shape index (κ2) is 6.23. The molecule has 0 aliphatic heterocycles. The summed E-state index contributed by atoms with van der Waals surface area (Å²) >= 11 is 1.87. The average molecular weight is 227 g/mol. The molecule has 0 aliphatic carbocycles. The summed E-state index contributed by atoms with van der Waals surface area (Å²) in [7, 11) is 0. The molecule has 1 N–H and O–H groups in total. The lowest BCUT2D eigenvalue weighted by Gasteiger charge is -2.13. The lowest BCUT2D eigenvalue weighted by Crippen LogP contribution is -2.26. The van der Waals surface area contributed by atoms with Crippen molar-refractivity contribution in [1.82, 2.24) is 5.32 Å². The highest BCUT2D eigenvalue weighted by atomic mass is 32.2. The van der Waals surface area contributed by atoms with E-state index in [0.29, 0.717) is 5.25 Å². The van der Waals surface area contributed by atoms with Crippen molar-refractivity contribution >= 4 is 11.8 Å². The van der Waals surface area contributed by atoms with Gasteiger partial charge in [0.1, 0.15) is 5.76 Å². The van der Waals surface area contributed by atoms with Gasteiger partial charge in [-0.15, -0.1) is 11.8 Å². The topological polar surface area (TPSA) is 25.2 Å². The van der Waals surface area contributed by atoms with Gasteiger partial charge in [0.15, 0.2) is 0 Å². The lowest BCUT2D eigenvalue weighted by molar-refractivity contribution is 0.526. The summed E-state index contributed by atoms with van der Waals surface area (Å²) in [6, 6.07) is 2.04. The molecule has 1 atom stereocenters. The highest BCUT2D eigenvalue weighted by Gasteiger charge is 2.08. The van der Waals surface area contributed by atoms with Gasteiger partial charge in [-0.2, -0.15) is 0 Å². The molecule has 1 rings (SSSR count). The van der Waals surface area contributed by atoms with E-state index in [-0.39, 0.29) is 0 Å². The third-order valence-electron chi connectivity index (χ3n) is 2.12. The molecule has 1 aromatic rings. The summed E-state index contributed by atoms with van der Waals surface area (Å²) in [6.07, 6.45) is 1.76. The number of aryl methyl sites for hydroxylation is 1. The van der Waals surface area contributed by atoms with Crippen molar-refractivity contribution in [1.29, 1.82) is 0 Å². The summed E-state index contributed by atoms with van der Waals surface area (Å²) in [5, 5.41) is 4.05. The Morgan fingerprint density at radius 3 is 2.60 bits per heavy atom. The van der Waals surface area contributed by atoms with Crippen LogP contribution in [-0.4, -0.2) is 18.3 Å². The standard InChI is InChI=1S/C12H21NOS/c1-9(2)7-13-8-10(3)15-12-5-6-14-11(12)4/h5-6,9-10,13H,7-8H2,1-4H3. The van der Waals surface area contributed by atoms with Crippen LogP contribution in [0.2, 0.25) is 0 Å². The molecule has 86 valence electrons. The van der Waals surface area contributed by atoms with Crippen molar-refractivity contribution in [2.24, 2.45) is 5.92 Å². The average Bonchev–Trinajstić information content (AvgIpc) is 2.51. The third-order valence-corrected chi connectivity index (χ3v) is 3.37. The number of hydrogen-bond donors (Lipinski definition) is 1. The summed E-state index contributed by atoms with van der Waals surface area (Å²) in [5.74, 6) is 1.74. The molecule has 0 aromatic carbocycles. The number of hydrogen-bond acceptors (Lipinski definition) is 3. The van der Waals surface area contributed by atoms with Gasteiger partial charge in [-0.1, -0.05) is 20.8 Å². The molecule has 3 heteroatoms. The Labute approximate surface area is 96.8 Å². The van der Waals surface area contributed by atoms with Crippen molar-refractivity contribution in [3.05, 3.63) is 18.1 Å². The first kappa shape index (κ1) is 12.7. The predicted molar refractivity (Wildman–Crippen MR) is 66.5 cm³/mol. The molecule has 1 heterocycles. The quantitative estimate of drug-likeness (QED) is 0.755. The Hall–Kier alpha value is -0.410. The molecule has 0 saturated heterocycles. The largest absolute Gasteiger partial charge is 0.468 e. The minimum Gasteiger partial charge on any atom is -0.468 e. The van der Waals surface area contributed by atoms with Crippen LogP contribution in [0.3, 0.4) is 0 Å². The van der Waals surface area contributed by atoms with Crippen LogP contribution in [-0.2, 0) is 0 Å². The van der Waals surface area contributed by atoms with E-state index in [2.05, 4.69) is 26.1 Å². The van der Waals surface area contributed by atoms with E-state index in [1.54, 1.807) is 6.26 Å². The highest BCUT2D eigenvalue weighted by molar-refractivity contribution is 8.00. The van der Waals surface area contributed by atoms with Gasteiger partial charge in [0.2, 0.25) is 0 Å². The zero-order valence-corrected chi connectivity index (χ0v) is 10.9. The second-order valence-corrected chi connectivity index (χ2v) is 5.80. The van der Waals surface area contributed by atoms with E-state index < -0.39 is 0 Å². The SMILES string of the molecule is Cc1occc1SC(C)CNCC(C)C. The summed E-state index contributed by atoms with van der Waals surface area (Å²) < 4.78 is 5.27. The molecule has 0 aliphatic rings. The summed E-state index contributed by atoms with van der Waals surface area (Å²) in [5.41, 5.74) is 0. The maximum Gasteiger partial charge on any atom is 0.114 e. The van der Waals surface area contributed by atoms with Gasteiger partial charge >= 0.3 is 0 Å². The van der Waals surface area contributed by atoms with Crippen LogP contribution in [0.1, 0.15) is 26.5 Å². The fraction of sp³-hybridized carbons (Fsp3) is 0.667. The maximum absolute atomic E-state index is 5.27. The minimum absolute atomic E-state index is 0.583. The predicted octanol–water partition coefficient (Wildman–Crippen LogP) is 3.31. The van der Waals surface area contributed by atoms with E-state index in [9.17, 15) is 0 Å². The minimum atomic E-state index is 0.583. The fourth-order valence-corrected chi connectivity index (χ4v) is 2.31. The monoisotopic (exact) mass is 227 g/mol.